The third-order valence-corrected chi connectivity index (χ3v) is 3.17. The smallest absolute Gasteiger partial charge is 0.151 e. The van der Waals surface area contributed by atoms with Crippen LogP contribution < -0.4 is 4.90 Å². The lowest BCUT2D eigenvalue weighted by Gasteiger charge is -2.36. The van der Waals surface area contributed by atoms with E-state index in [4.69, 9.17) is 5.26 Å². The van der Waals surface area contributed by atoms with E-state index in [0.717, 1.165) is 38.4 Å². The topological polar surface area (TPSA) is 56.1 Å². The van der Waals surface area contributed by atoms with Gasteiger partial charge in [-0.3, -0.25) is 4.90 Å². The van der Waals surface area contributed by atoms with Gasteiger partial charge < -0.3 is 4.90 Å². The molecule has 0 radical (unpaired) electrons. The minimum Gasteiger partial charge on any atom is -0.353 e. The highest BCUT2D eigenvalue weighted by Crippen LogP contribution is 2.14. The minimum absolute atomic E-state index is 0.0546. The molecule has 5 heteroatoms. The third-order valence-electron chi connectivity index (χ3n) is 3.17. The lowest BCUT2D eigenvalue weighted by molar-refractivity contribution is 0.216. The molecular formula is C12H17N5. The van der Waals surface area contributed by atoms with Crippen LogP contribution in [0.4, 0.5) is 5.82 Å². The number of hydrogen-bond donors (Lipinski definition) is 0. The van der Waals surface area contributed by atoms with Crippen molar-refractivity contribution in [2.45, 2.75) is 19.4 Å². The van der Waals surface area contributed by atoms with E-state index in [1.54, 1.807) is 6.20 Å². The fourth-order valence-electron chi connectivity index (χ4n) is 2.16. The van der Waals surface area contributed by atoms with Gasteiger partial charge in [0.25, 0.3) is 0 Å². The van der Waals surface area contributed by atoms with Gasteiger partial charge >= 0.3 is 0 Å². The van der Waals surface area contributed by atoms with Crippen LogP contribution >= 0.6 is 0 Å². The predicted molar refractivity (Wildman–Crippen MR) is 65.5 cm³/mol. The van der Waals surface area contributed by atoms with Crippen LogP contribution in [-0.2, 0) is 0 Å². The third kappa shape index (κ3) is 2.71. The van der Waals surface area contributed by atoms with E-state index in [1.807, 2.05) is 12.1 Å². The van der Waals surface area contributed by atoms with E-state index < -0.39 is 0 Å². The van der Waals surface area contributed by atoms with Crippen molar-refractivity contribution in [1.82, 2.24) is 15.1 Å². The van der Waals surface area contributed by atoms with Crippen LogP contribution in [0.15, 0.2) is 18.3 Å². The van der Waals surface area contributed by atoms with Crippen LogP contribution in [0.5, 0.6) is 0 Å². The van der Waals surface area contributed by atoms with Gasteiger partial charge in [0.05, 0.1) is 12.1 Å². The fraction of sp³-hybridized carbons (Fsp3) is 0.583. The lowest BCUT2D eigenvalue weighted by atomic mass is 10.2. The molecule has 2 heterocycles. The Morgan fingerprint density at radius 3 is 2.71 bits per heavy atom. The van der Waals surface area contributed by atoms with Crippen molar-refractivity contribution >= 4 is 5.82 Å². The highest BCUT2D eigenvalue weighted by Gasteiger charge is 2.22. The molecule has 1 unspecified atom stereocenters. The van der Waals surface area contributed by atoms with E-state index in [-0.39, 0.29) is 6.04 Å². The first-order valence-corrected chi connectivity index (χ1v) is 6.01. The van der Waals surface area contributed by atoms with Crippen molar-refractivity contribution in [1.29, 1.82) is 5.26 Å². The van der Waals surface area contributed by atoms with Gasteiger partial charge in [0.2, 0.25) is 0 Å². The first-order valence-electron chi connectivity index (χ1n) is 6.01. The molecule has 0 aromatic carbocycles. The van der Waals surface area contributed by atoms with Crippen molar-refractivity contribution in [3.63, 3.8) is 0 Å². The van der Waals surface area contributed by atoms with Crippen molar-refractivity contribution in [2.75, 3.05) is 31.1 Å². The molecule has 1 aliphatic rings. The molecule has 90 valence electrons. The summed E-state index contributed by atoms with van der Waals surface area (Å²) in [5.74, 6) is 0.928. The van der Waals surface area contributed by atoms with Crippen LogP contribution in [0.1, 0.15) is 13.3 Å². The van der Waals surface area contributed by atoms with Crippen molar-refractivity contribution in [3.05, 3.63) is 18.3 Å². The summed E-state index contributed by atoms with van der Waals surface area (Å²) in [5.41, 5.74) is 0. The second-order valence-corrected chi connectivity index (χ2v) is 4.16. The number of rotatable bonds is 3. The van der Waals surface area contributed by atoms with Crippen molar-refractivity contribution in [2.24, 2.45) is 0 Å². The van der Waals surface area contributed by atoms with Gasteiger partial charge in [-0.15, -0.1) is 5.10 Å². The molecule has 5 nitrogen and oxygen atoms in total. The van der Waals surface area contributed by atoms with Gasteiger partial charge in [0, 0.05) is 32.4 Å². The Labute approximate surface area is 102 Å². The SMILES string of the molecule is CCC(C#N)N1CCN(c2cccnn2)CC1. The molecule has 1 aromatic heterocycles. The maximum absolute atomic E-state index is 9.03. The molecule has 0 spiro atoms. The van der Waals surface area contributed by atoms with E-state index >= 15 is 0 Å². The standard InChI is InChI=1S/C12H17N5/c1-2-11(10-13)16-6-8-17(9-7-16)12-4-3-5-14-15-12/h3-5,11H,2,6-9H2,1H3. The second kappa shape index (κ2) is 5.60. The van der Waals surface area contributed by atoms with Gasteiger partial charge in [0.15, 0.2) is 5.82 Å². The number of piperazine rings is 1. The molecule has 1 aliphatic heterocycles. The van der Waals surface area contributed by atoms with E-state index in [0.29, 0.717) is 0 Å². The minimum atomic E-state index is 0.0546. The zero-order chi connectivity index (χ0) is 12.1. The highest BCUT2D eigenvalue weighted by atomic mass is 15.3. The molecule has 1 fully saturated rings. The molecule has 1 aromatic rings. The summed E-state index contributed by atoms with van der Waals surface area (Å²) in [5, 5.41) is 17.0. The highest BCUT2D eigenvalue weighted by molar-refractivity contribution is 5.36. The lowest BCUT2D eigenvalue weighted by Crippen LogP contribution is -2.50. The summed E-state index contributed by atoms with van der Waals surface area (Å²) in [4.78, 5) is 4.46. The fourth-order valence-corrected chi connectivity index (χ4v) is 2.16. The maximum Gasteiger partial charge on any atom is 0.151 e. The van der Waals surface area contributed by atoms with Crippen LogP contribution in [-0.4, -0.2) is 47.3 Å². The Balaban J connectivity index is 1.93. The summed E-state index contributed by atoms with van der Waals surface area (Å²) in [6.07, 6.45) is 2.57. The second-order valence-electron chi connectivity index (χ2n) is 4.16. The number of aromatic nitrogens is 2. The molecule has 0 amide bonds. The van der Waals surface area contributed by atoms with Gasteiger partial charge in [-0.1, -0.05) is 6.92 Å². The van der Waals surface area contributed by atoms with Gasteiger partial charge in [0.1, 0.15) is 0 Å². The molecular weight excluding hydrogens is 214 g/mol. The Kier molecular flexibility index (Phi) is 3.89. The summed E-state index contributed by atoms with van der Waals surface area (Å²) in [6.45, 7) is 5.72. The van der Waals surface area contributed by atoms with Crippen LogP contribution in [0.2, 0.25) is 0 Å². The average Bonchev–Trinajstić information content (AvgIpc) is 2.42. The summed E-state index contributed by atoms with van der Waals surface area (Å²) < 4.78 is 0. The molecule has 0 saturated carbocycles. The number of anilines is 1. The van der Waals surface area contributed by atoms with E-state index in [1.165, 1.54) is 0 Å². The summed E-state index contributed by atoms with van der Waals surface area (Å²) in [6, 6.07) is 6.29. The molecule has 2 rings (SSSR count). The predicted octanol–water partition coefficient (Wildman–Crippen LogP) is 0.901. The van der Waals surface area contributed by atoms with Gasteiger partial charge in [-0.2, -0.15) is 10.4 Å². The Morgan fingerprint density at radius 2 is 2.18 bits per heavy atom. The normalized spacial score (nSPS) is 18.7. The number of nitrogens with zero attached hydrogens (tertiary/aromatic N) is 5. The quantitative estimate of drug-likeness (QED) is 0.773. The first kappa shape index (κ1) is 11.8. The van der Waals surface area contributed by atoms with E-state index in [9.17, 15) is 0 Å². The van der Waals surface area contributed by atoms with Crippen molar-refractivity contribution in [3.8, 4) is 6.07 Å². The van der Waals surface area contributed by atoms with Crippen LogP contribution in [0, 0.1) is 11.3 Å². The summed E-state index contributed by atoms with van der Waals surface area (Å²) >= 11 is 0. The Hall–Kier alpha value is -1.67. The summed E-state index contributed by atoms with van der Waals surface area (Å²) in [7, 11) is 0. The Morgan fingerprint density at radius 1 is 1.41 bits per heavy atom. The van der Waals surface area contributed by atoms with Crippen molar-refractivity contribution < 1.29 is 0 Å². The zero-order valence-electron chi connectivity index (χ0n) is 10.1. The van der Waals surface area contributed by atoms with Crippen LogP contribution in [0.25, 0.3) is 0 Å². The molecule has 0 bridgehead atoms. The molecule has 1 atom stereocenters. The van der Waals surface area contributed by atoms with Crippen LogP contribution in [0.3, 0.4) is 0 Å². The molecule has 1 saturated heterocycles. The molecule has 0 aliphatic carbocycles. The van der Waals surface area contributed by atoms with Gasteiger partial charge in [-0.05, 0) is 18.6 Å². The number of hydrogen-bond acceptors (Lipinski definition) is 5. The Bertz CT molecular complexity index is 378. The number of nitriles is 1. The largest absolute Gasteiger partial charge is 0.353 e. The zero-order valence-corrected chi connectivity index (χ0v) is 10.1. The monoisotopic (exact) mass is 231 g/mol. The molecule has 17 heavy (non-hydrogen) atoms. The first-order chi connectivity index (χ1) is 8.35. The molecule has 0 N–H and O–H groups in total. The van der Waals surface area contributed by atoms with Gasteiger partial charge in [-0.25, -0.2) is 0 Å². The average molecular weight is 231 g/mol. The maximum atomic E-state index is 9.03. The van der Waals surface area contributed by atoms with E-state index in [2.05, 4.69) is 33.0 Å².